The van der Waals surface area contributed by atoms with Gasteiger partial charge in [0.05, 0.1) is 16.6 Å². The van der Waals surface area contributed by atoms with Gasteiger partial charge in [0, 0.05) is 0 Å². The number of fused-ring (bicyclic) bond motifs is 1. The summed E-state index contributed by atoms with van der Waals surface area (Å²) in [5.74, 6) is 0.245. The second-order valence-electron chi connectivity index (χ2n) is 6.03. The van der Waals surface area contributed by atoms with Gasteiger partial charge >= 0.3 is 0 Å². The number of aromatic hydroxyl groups is 1. The van der Waals surface area contributed by atoms with Crippen molar-refractivity contribution in [3.05, 3.63) is 100 Å². The normalized spacial score (nSPS) is 11.3. The molecule has 1 N–H and O–H groups in total. The molecule has 4 aromatic rings. The van der Waals surface area contributed by atoms with Crippen LogP contribution in [-0.4, -0.2) is 14.7 Å². The Morgan fingerprint density at radius 1 is 0.889 bits per heavy atom. The molecule has 0 fully saturated rings. The Morgan fingerprint density at radius 2 is 1.59 bits per heavy atom. The number of aromatic nitrogens is 2. The molecule has 0 aliphatic carbocycles. The van der Waals surface area contributed by atoms with Crippen molar-refractivity contribution in [2.75, 3.05) is 0 Å². The number of phenolic OH excluding ortho intramolecular Hbond substituents is 1. The van der Waals surface area contributed by atoms with E-state index in [1.54, 1.807) is 54.6 Å². The van der Waals surface area contributed by atoms with Gasteiger partial charge in [-0.1, -0.05) is 30.3 Å². The summed E-state index contributed by atoms with van der Waals surface area (Å²) >= 11 is 0. The Hall–Kier alpha value is -3.73. The standard InChI is InChI=1S/C22H15FN2O2/c23-16-8-5-15(6-9-16)7-14-21-24-20-4-2-1-3-19(20)22(27)25(21)17-10-12-18(26)13-11-17/h1-14,26H/b14-7-. The number of hydrogen-bond acceptors (Lipinski definition) is 3. The zero-order valence-electron chi connectivity index (χ0n) is 14.2. The third-order valence-electron chi connectivity index (χ3n) is 4.20. The van der Waals surface area contributed by atoms with Crippen molar-refractivity contribution in [2.24, 2.45) is 0 Å². The van der Waals surface area contributed by atoms with Gasteiger partial charge in [-0.15, -0.1) is 0 Å². The molecule has 27 heavy (non-hydrogen) atoms. The minimum atomic E-state index is -0.308. The van der Waals surface area contributed by atoms with Gasteiger partial charge in [-0.05, 0) is 60.2 Å². The monoisotopic (exact) mass is 358 g/mol. The fourth-order valence-corrected chi connectivity index (χ4v) is 2.86. The molecular weight excluding hydrogens is 343 g/mol. The maximum absolute atomic E-state index is 13.1. The van der Waals surface area contributed by atoms with E-state index in [1.165, 1.54) is 28.8 Å². The first-order valence-electron chi connectivity index (χ1n) is 8.37. The Kier molecular flexibility index (Phi) is 4.26. The van der Waals surface area contributed by atoms with Gasteiger partial charge in [-0.2, -0.15) is 0 Å². The van der Waals surface area contributed by atoms with Crippen molar-refractivity contribution in [1.29, 1.82) is 0 Å². The molecule has 5 heteroatoms. The second kappa shape index (κ2) is 6.88. The minimum Gasteiger partial charge on any atom is -0.508 e. The smallest absolute Gasteiger partial charge is 0.266 e. The highest BCUT2D eigenvalue weighted by atomic mass is 19.1. The maximum Gasteiger partial charge on any atom is 0.266 e. The highest BCUT2D eigenvalue weighted by Gasteiger charge is 2.11. The number of para-hydroxylation sites is 1. The molecule has 0 saturated heterocycles. The lowest BCUT2D eigenvalue weighted by molar-refractivity contribution is 0.475. The van der Waals surface area contributed by atoms with Gasteiger partial charge in [0.2, 0.25) is 0 Å². The molecular formula is C22H15FN2O2. The summed E-state index contributed by atoms with van der Waals surface area (Å²) in [5, 5.41) is 10.0. The van der Waals surface area contributed by atoms with Crippen LogP contribution >= 0.6 is 0 Å². The van der Waals surface area contributed by atoms with Gasteiger partial charge in [0.1, 0.15) is 17.4 Å². The van der Waals surface area contributed by atoms with Gasteiger partial charge in [-0.25, -0.2) is 9.37 Å². The minimum absolute atomic E-state index is 0.115. The van der Waals surface area contributed by atoms with Crippen LogP contribution < -0.4 is 5.56 Å². The van der Waals surface area contributed by atoms with Gasteiger partial charge in [0.15, 0.2) is 0 Å². The van der Waals surface area contributed by atoms with Crippen molar-refractivity contribution in [3.8, 4) is 11.4 Å². The van der Waals surface area contributed by atoms with E-state index >= 15 is 0 Å². The molecule has 0 spiro atoms. The fourth-order valence-electron chi connectivity index (χ4n) is 2.86. The van der Waals surface area contributed by atoms with E-state index in [1.807, 2.05) is 6.07 Å². The first-order chi connectivity index (χ1) is 13.1. The zero-order valence-corrected chi connectivity index (χ0v) is 14.2. The second-order valence-corrected chi connectivity index (χ2v) is 6.03. The maximum atomic E-state index is 13.1. The summed E-state index contributed by atoms with van der Waals surface area (Å²) in [7, 11) is 0. The molecule has 0 radical (unpaired) electrons. The number of hydrogen-bond donors (Lipinski definition) is 1. The average Bonchev–Trinajstić information content (AvgIpc) is 2.69. The highest BCUT2D eigenvalue weighted by molar-refractivity contribution is 5.80. The lowest BCUT2D eigenvalue weighted by atomic mass is 10.2. The topological polar surface area (TPSA) is 55.1 Å². The Labute approximate surface area is 154 Å². The Morgan fingerprint density at radius 3 is 2.33 bits per heavy atom. The van der Waals surface area contributed by atoms with Crippen LogP contribution in [0.3, 0.4) is 0 Å². The van der Waals surface area contributed by atoms with E-state index in [9.17, 15) is 14.3 Å². The van der Waals surface area contributed by atoms with Crippen LogP contribution in [0.15, 0.2) is 77.6 Å². The number of halogens is 1. The third kappa shape index (κ3) is 3.35. The quantitative estimate of drug-likeness (QED) is 0.590. The summed E-state index contributed by atoms with van der Waals surface area (Å²) < 4.78 is 14.6. The van der Waals surface area contributed by atoms with Crippen LogP contribution in [0.2, 0.25) is 0 Å². The molecule has 0 bridgehead atoms. The summed E-state index contributed by atoms with van der Waals surface area (Å²) in [5.41, 5.74) is 1.77. The Bertz CT molecular complexity index is 1190. The molecule has 1 aromatic heterocycles. The molecule has 0 aliphatic heterocycles. The van der Waals surface area contributed by atoms with E-state index in [-0.39, 0.29) is 17.1 Å². The molecule has 1 heterocycles. The van der Waals surface area contributed by atoms with Crippen LogP contribution in [0.25, 0.3) is 28.7 Å². The van der Waals surface area contributed by atoms with Crippen LogP contribution in [-0.2, 0) is 0 Å². The summed E-state index contributed by atoms with van der Waals surface area (Å²) in [6, 6.07) is 19.5. The molecule has 0 atom stereocenters. The van der Waals surface area contributed by atoms with Crippen molar-refractivity contribution in [3.63, 3.8) is 0 Å². The van der Waals surface area contributed by atoms with E-state index in [2.05, 4.69) is 4.98 Å². The molecule has 0 aliphatic rings. The first-order valence-corrected chi connectivity index (χ1v) is 8.37. The molecule has 0 unspecified atom stereocenters. The summed E-state index contributed by atoms with van der Waals surface area (Å²) in [6.45, 7) is 0. The lowest BCUT2D eigenvalue weighted by Gasteiger charge is -2.11. The molecule has 0 saturated carbocycles. The first kappa shape index (κ1) is 16.7. The summed E-state index contributed by atoms with van der Waals surface area (Å²) in [4.78, 5) is 17.7. The SMILES string of the molecule is O=c1c2ccccc2nc(/C=C\c2ccc(F)cc2)n1-c1ccc(O)cc1. The van der Waals surface area contributed by atoms with E-state index < -0.39 is 0 Å². The van der Waals surface area contributed by atoms with Crippen molar-refractivity contribution in [2.45, 2.75) is 0 Å². The number of rotatable bonds is 3. The lowest BCUT2D eigenvalue weighted by Crippen LogP contribution is -2.22. The van der Waals surface area contributed by atoms with Crippen molar-refractivity contribution >= 4 is 23.1 Å². The summed E-state index contributed by atoms with van der Waals surface area (Å²) in [6.07, 6.45) is 3.49. The van der Waals surface area contributed by atoms with Crippen molar-refractivity contribution < 1.29 is 9.50 Å². The Balaban J connectivity index is 1.92. The van der Waals surface area contributed by atoms with E-state index in [4.69, 9.17) is 0 Å². The van der Waals surface area contributed by atoms with Gasteiger partial charge in [-0.3, -0.25) is 9.36 Å². The molecule has 4 nitrogen and oxygen atoms in total. The molecule has 4 rings (SSSR count). The highest BCUT2D eigenvalue weighted by Crippen LogP contribution is 2.17. The zero-order chi connectivity index (χ0) is 18.8. The van der Waals surface area contributed by atoms with Gasteiger partial charge in [0.25, 0.3) is 5.56 Å². The van der Waals surface area contributed by atoms with Crippen LogP contribution in [0, 0.1) is 5.82 Å². The predicted molar refractivity (Wildman–Crippen MR) is 104 cm³/mol. The number of phenols is 1. The fraction of sp³-hybridized carbons (Fsp3) is 0. The van der Waals surface area contributed by atoms with E-state index in [0.717, 1.165) is 5.56 Å². The van der Waals surface area contributed by atoms with Crippen LogP contribution in [0.1, 0.15) is 11.4 Å². The number of nitrogens with zero attached hydrogens (tertiary/aromatic N) is 2. The molecule has 132 valence electrons. The van der Waals surface area contributed by atoms with Crippen LogP contribution in [0.4, 0.5) is 4.39 Å². The van der Waals surface area contributed by atoms with Crippen molar-refractivity contribution in [1.82, 2.24) is 9.55 Å². The molecule has 0 amide bonds. The van der Waals surface area contributed by atoms with E-state index in [0.29, 0.717) is 22.4 Å². The number of benzene rings is 3. The predicted octanol–water partition coefficient (Wildman–Crippen LogP) is 4.40. The molecule has 3 aromatic carbocycles. The third-order valence-corrected chi connectivity index (χ3v) is 4.20. The van der Waals surface area contributed by atoms with Crippen LogP contribution in [0.5, 0.6) is 5.75 Å². The van der Waals surface area contributed by atoms with Gasteiger partial charge < -0.3 is 5.11 Å². The average molecular weight is 358 g/mol. The largest absolute Gasteiger partial charge is 0.508 e.